The summed E-state index contributed by atoms with van der Waals surface area (Å²) in [6, 6.07) is 5.83. The number of hydrogen-bond acceptors (Lipinski definition) is 5. The molecule has 144 valence electrons. The van der Waals surface area contributed by atoms with Gasteiger partial charge in [0.15, 0.2) is 10.8 Å². The quantitative estimate of drug-likeness (QED) is 0.530. The fourth-order valence-corrected chi connectivity index (χ4v) is 4.43. The third-order valence-corrected chi connectivity index (χ3v) is 6.07. The zero-order chi connectivity index (χ0) is 19.8. The van der Waals surface area contributed by atoms with Crippen molar-refractivity contribution in [2.45, 2.75) is 31.5 Å². The lowest BCUT2D eigenvalue weighted by molar-refractivity contribution is -0.121. The van der Waals surface area contributed by atoms with Crippen molar-refractivity contribution in [2.24, 2.45) is 0 Å². The van der Waals surface area contributed by atoms with Gasteiger partial charge in [-0.2, -0.15) is 5.10 Å². The van der Waals surface area contributed by atoms with Crippen LogP contribution < -0.4 is 10.9 Å². The van der Waals surface area contributed by atoms with E-state index in [1.807, 2.05) is 25.1 Å². The first-order chi connectivity index (χ1) is 13.5. The first-order valence-corrected chi connectivity index (χ1v) is 10.1. The summed E-state index contributed by atoms with van der Waals surface area (Å²) in [5.41, 5.74) is 3.62. The van der Waals surface area contributed by atoms with E-state index in [0.717, 1.165) is 11.3 Å². The van der Waals surface area contributed by atoms with Crippen molar-refractivity contribution >= 4 is 28.7 Å². The van der Waals surface area contributed by atoms with Gasteiger partial charge in [0, 0.05) is 18.7 Å². The van der Waals surface area contributed by atoms with Crippen molar-refractivity contribution in [3.05, 3.63) is 58.5 Å². The van der Waals surface area contributed by atoms with Crippen molar-refractivity contribution in [3.63, 3.8) is 0 Å². The normalized spacial score (nSPS) is 15.6. The van der Waals surface area contributed by atoms with E-state index in [9.17, 15) is 9.59 Å². The fourth-order valence-electron chi connectivity index (χ4n) is 3.30. The highest BCUT2D eigenvalue weighted by Crippen LogP contribution is 2.33. The predicted molar refractivity (Wildman–Crippen MR) is 110 cm³/mol. The van der Waals surface area contributed by atoms with Gasteiger partial charge in [0.2, 0.25) is 5.91 Å². The van der Waals surface area contributed by atoms with Crippen molar-refractivity contribution in [1.82, 2.24) is 24.6 Å². The first kappa shape index (κ1) is 18.5. The molecule has 7 nitrogen and oxygen atoms in total. The van der Waals surface area contributed by atoms with Crippen LogP contribution in [0, 0.1) is 13.8 Å². The van der Waals surface area contributed by atoms with Crippen LogP contribution in [0.15, 0.2) is 47.0 Å². The molecule has 0 bridgehead atoms. The number of amides is 1. The number of benzene rings is 1. The van der Waals surface area contributed by atoms with Crippen LogP contribution in [0.1, 0.15) is 23.6 Å². The smallest absolute Gasteiger partial charge is 0.265 e. The number of aryl methyl sites for hydroxylation is 2. The Labute approximate surface area is 166 Å². The number of rotatable bonds is 5. The minimum absolute atomic E-state index is 0.101. The van der Waals surface area contributed by atoms with E-state index in [4.69, 9.17) is 4.98 Å². The van der Waals surface area contributed by atoms with Crippen molar-refractivity contribution < 1.29 is 4.79 Å². The highest BCUT2D eigenvalue weighted by molar-refractivity contribution is 7.99. The van der Waals surface area contributed by atoms with E-state index >= 15 is 0 Å². The van der Waals surface area contributed by atoms with Gasteiger partial charge in [-0.25, -0.2) is 9.67 Å². The van der Waals surface area contributed by atoms with Crippen molar-refractivity contribution in [1.29, 1.82) is 0 Å². The Hall–Kier alpha value is -2.87. The van der Waals surface area contributed by atoms with E-state index in [1.54, 1.807) is 21.5 Å². The largest absolute Gasteiger partial charge is 0.353 e. The molecular formula is C20H21N5O2S. The van der Waals surface area contributed by atoms with Gasteiger partial charge in [-0.05, 0) is 37.1 Å². The number of carbonyl (C=O) groups is 1. The first-order valence-electron chi connectivity index (χ1n) is 9.08. The van der Waals surface area contributed by atoms with Gasteiger partial charge in [0.1, 0.15) is 5.39 Å². The number of hydrogen-bond donors (Lipinski definition) is 1. The summed E-state index contributed by atoms with van der Waals surface area (Å²) in [7, 11) is 0. The summed E-state index contributed by atoms with van der Waals surface area (Å²) >= 11 is 1.49. The maximum atomic E-state index is 13.1. The molecule has 0 fully saturated rings. The average molecular weight is 395 g/mol. The zero-order valence-electron chi connectivity index (χ0n) is 15.8. The van der Waals surface area contributed by atoms with E-state index in [0.29, 0.717) is 28.5 Å². The molecule has 2 aromatic heterocycles. The summed E-state index contributed by atoms with van der Waals surface area (Å²) in [6.07, 6.45) is 3.44. The lowest BCUT2D eigenvalue weighted by Crippen LogP contribution is -2.30. The van der Waals surface area contributed by atoms with Crippen LogP contribution in [-0.4, -0.2) is 37.5 Å². The molecule has 1 N–H and O–H groups in total. The molecule has 3 heterocycles. The highest BCUT2D eigenvalue weighted by Gasteiger charge is 2.29. The second-order valence-electron chi connectivity index (χ2n) is 6.89. The number of nitrogens with zero attached hydrogens (tertiary/aromatic N) is 4. The van der Waals surface area contributed by atoms with Gasteiger partial charge in [0.05, 0.1) is 17.9 Å². The molecule has 4 rings (SSSR count). The van der Waals surface area contributed by atoms with Crippen molar-refractivity contribution in [2.75, 3.05) is 12.3 Å². The molecule has 1 unspecified atom stereocenters. The van der Waals surface area contributed by atoms with Gasteiger partial charge in [-0.3, -0.25) is 14.2 Å². The van der Waals surface area contributed by atoms with Crippen LogP contribution in [0.4, 0.5) is 0 Å². The molecule has 1 atom stereocenters. The molecule has 0 spiro atoms. The van der Waals surface area contributed by atoms with Crippen LogP contribution in [0.5, 0.6) is 0 Å². The summed E-state index contributed by atoms with van der Waals surface area (Å²) in [4.78, 5) is 29.9. The zero-order valence-corrected chi connectivity index (χ0v) is 16.6. The third kappa shape index (κ3) is 3.13. The topological polar surface area (TPSA) is 81.8 Å². The Morgan fingerprint density at radius 2 is 2.21 bits per heavy atom. The second-order valence-corrected chi connectivity index (χ2v) is 7.88. The van der Waals surface area contributed by atoms with Crippen molar-refractivity contribution in [3.8, 4) is 5.69 Å². The molecule has 0 radical (unpaired) electrons. The maximum absolute atomic E-state index is 13.1. The Morgan fingerprint density at radius 3 is 2.96 bits per heavy atom. The standard InChI is InChI=1S/C20H21N5O2S/c1-4-7-21-17(26)9-15-11-28-20-23-18-16(19(27)24(15)20)10-22-25(18)14-6-5-12(2)13(3)8-14/h4-6,8,10,15H,1,7,9,11H2,2-3H3,(H,21,26). The SMILES string of the molecule is C=CCNC(=O)CC1CSc2nc3c(cnn3-c3ccc(C)c(C)c3)c(=O)n21. The molecule has 28 heavy (non-hydrogen) atoms. The number of aromatic nitrogens is 4. The predicted octanol–water partition coefficient (Wildman–Crippen LogP) is 2.54. The highest BCUT2D eigenvalue weighted by atomic mass is 32.2. The average Bonchev–Trinajstić information content (AvgIpc) is 3.27. The van der Waals surface area contributed by atoms with Crippen LogP contribution in [-0.2, 0) is 4.79 Å². The maximum Gasteiger partial charge on any atom is 0.265 e. The molecule has 1 aliphatic heterocycles. The van der Waals surface area contributed by atoms with Crippen LogP contribution in [0.2, 0.25) is 0 Å². The van der Waals surface area contributed by atoms with E-state index in [2.05, 4.69) is 23.9 Å². The molecule has 3 aromatic rings. The Morgan fingerprint density at radius 1 is 1.39 bits per heavy atom. The molecule has 0 saturated carbocycles. The molecule has 0 aliphatic carbocycles. The Balaban J connectivity index is 1.74. The van der Waals surface area contributed by atoms with Gasteiger partial charge >= 0.3 is 0 Å². The van der Waals surface area contributed by atoms with Gasteiger partial charge in [-0.15, -0.1) is 6.58 Å². The lowest BCUT2D eigenvalue weighted by Gasteiger charge is -2.13. The molecule has 1 aromatic carbocycles. The molecular weight excluding hydrogens is 374 g/mol. The monoisotopic (exact) mass is 395 g/mol. The molecule has 8 heteroatoms. The van der Waals surface area contributed by atoms with Crippen LogP contribution >= 0.6 is 11.8 Å². The number of thioether (sulfide) groups is 1. The third-order valence-electron chi connectivity index (χ3n) is 4.97. The Kier molecular flexibility index (Phi) is 4.80. The van der Waals surface area contributed by atoms with Crippen LogP contribution in [0.25, 0.3) is 16.7 Å². The van der Waals surface area contributed by atoms with Crippen LogP contribution in [0.3, 0.4) is 0 Å². The minimum atomic E-state index is -0.209. The molecule has 1 amide bonds. The molecule has 0 saturated heterocycles. The van der Waals surface area contributed by atoms with E-state index in [-0.39, 0.29) is 23.9 Å². The van der Waals surface area contributed by atoms with Gasteiger partial charge < -0.3 is 5.32 Å². The summed E-state index contributed by atoms with van der Waals surface area (Å²) < 4.78 is 3.33. The second kappa shape index (κ2) is 7.27. The summed E-state index contributed by atoms with van der Waals surface area (Å²) in [5, 5.41) is 8.26. The van der Waals surface area contributed by atoms with Gasteiger partial charge in [0.25, 0.3) is 5.56 Å². The fraction of sp³-hybridized carbons (Fsp3) is 0.300. The van der Waals surface area contributed by atoms with E-state index in [1.165, 1.54) is 17.3 Å². The van der Waals surface area contributed by atoms with E-state index < -0.39 is 0 Å². The minimum Gasteiger partial charge on any atom is -0.353 e. The molecule has 1 aliphatic rings. The summed E-state index contributed by atoms with van der Waals surface area (Å²) in [5.74, 6) is 0.545. The number of carbonyl (C=O) groups excluding carboxylic acids is 1. The number of fused-ring (bicyclic) bond motifs is 2. The number of nitrogens with one attached hydrogen (secondary N) is 1. The van der Waals surface area contributed by atoms with Gasteiger partial charge in [-0.1, -0.05) is 23.9 Å². The Bertz CT molecular complexity index is 1150. The lowest BCUT2D eigenvalue weighted by atomic mass is 10.1. The summed E-state index contributed by atoms with van der Waals surface area (Å²) in [6.45, 7) is 8.11.